The summed E-state index contributed by atoms with van der Waals surface area (Å²) in [5.74, 6) is -0.363. The highest BCUT2D eigenvalue weighted by Crippen LogP contribution is 2.15. The van der Waals surface area contributed by atoms with Gasteiger partial charge in [-0.15, -0.1) is 0 Å². The van der Waals surface area contributed by atoms with Crippen molar-refractivity contribution in [3.8, 4) is 0 Å². The van der Waals surface area contributed by atoms with Crippen LogP contribution in [0.5, 0.6) is 0 Å². The van der Waals surface area contributed by atoms with E-state index in [-0.39, 0.29) is 24.0 Å². The molecule has 1 aromatic carbocycles. The second kappa shape index (κ2) is 6.17. The molecule has 2 rings (SSSR count). The third-order valence-corrected chi connectivity index (χ3v) is 3.15. The van der Waals surface area contributed by atoms with E-state index in [1.54, 1.807) is 18.3 Å². The van der Waals surface area contributed by atoms with E-state index in [0.717, 1.165) is 0 Å². The quantitative estimate of drug-likeness (QED) is 0.931. The molecule has 0 fully saturated rings. The van der Waals surface area contributed by atoms with Crippen LogP contribution >= 0.6 is 15.9 Å². The van der Waals surface area contributed by atoms with Crippen molar-refractivity contribution in [3.63, 3.8) is 0 Å². The van der Waals surface area contributed by atoms with Crippen molar-refractivity contribution < 1.29 is 4.39 Å². The largest absolute Gasteiger partial charge is 0.381 e. The Labute approximate surface area is 124 Å². The summed E-state index contributed by atoms with van der Waals surface area (Å²) in [5, 5.41) is 7.15. The molecule has 0 radical (unpaired) electrons. The molecule has 6 heteroatoms. The Balaban J connectivity index is 2.23. The van der Waals surface area contributed by atoms with Gasteiger partial charge >= 0.3 is 0 Å². The van der Waals surface area contributed by atoms with Crippen LogP contribution in [-0.4, -0.2) is 15.8 Å². The molecule has 0 bridgehead atoms. The van der Waals surface area contributed by atoms with E-state index in [2.05, 4.69) is 26.3 Å². The number of anilines is 1. The molecule has 0 amide bonds. The van der Waals surface area contributed by atoms with Crippen LogP contribution in [0.1, 0.15) is 19.4 Å². The van der Waals surface area contributed by atoms with Crippen LogP contribution in [0.2, 0.25) is 0 Å². The molecular weight excluding hydrogens is 325 g/mol. The first-order chi connectivity index (χ1) is 9.45. The molecule has 106 valence electrons. The fourth-order valence-electron chi connectivity index (χ4n) is 1.78. The molecule has 1 heterocycles. The van der Waals surface area contributed by atoms with Gasteiger partial charge in [-0.2, -0.15) is 5.10 Å². The normalized spacial score (nSPS) is 10.8. The third kappa shape index (κ3) is 3.66. The monoisotopic (exact) mass is 339 g/mol. The zero-order valence-electron chi connectivity index (χ0n) is 11.2. The van der Waals surface area contributed by atoms with Crippen LogP contribution in [0.15, 0.2) is 39.7 Å². The first-order valence-corrected chi connectivity index (χ1v) is 7.02. The van der Waals surface area contributed by atoms with Crippen molar-refractivity contribution in [1.29, 1.82) is 0 Å². The topological polar surface area (TPSA) is 46.9 Å². The Morgan fingerprint density at radius 2 is 2.15 bits per heavy atom. The molecule has 20 heavy (non-hydrogen) atoms. The molecule has 4 nitrogen and oxygen atoms in total. The summed E-state index contributed by atoms with van der Waals surface area (Å²) in [4.78, 5) is 11.9. The lowest BCUT2D eigenvalue weighted by atomic mass is 10.2. The van der Waals surface area contributed by atoms with E-state index in [4.69, 9.17) is 0 Å². The molecular formula is C14H15BrFN3O. The van der Waals surface area contributed by atoms with Crippen molar-refractivity contribution in [3.05, 3.63) is 56.7 Å². The van der Waals surface area contributed by atoms with Gasteiger partial charge in [0, 0.05) is 22.1 Å². The molecule has 0 atom stereocenters. The lowest BCUT2D eigenvalue weighted by molar-refractivity contribution is 0.571. The van der Waals surface area contributed by atoms with Gasteiger partial charge in [0.25, 0.3) is 5.56 Å². The minimum Gasteiger partial charge on any atom is -0.381 e. The van der Waals surface area contributed by atoms with Gasteiger partial charge < -0.3 is 5.32 Å². The highest BCUT2D eigenvalue weighted by atomic mass is 79.9. The predicted molar refractivity (Wildman–Crippen MR) is 80.5 cm³/mol. The van der Waals surface area contributed by atoms with Crippen LogP contribution in [-0.2, 0) is 6.54 Å². The van der Waals surface area contributed by atoms with Crippen molar-refractivity contribution in [2.24, 2.45) is 0 Å². The summed E-state index contributed by atoms with van der Waals surface area (Å²) in [6.07, 6.45) is 1.57. The number of benzene rings is 1. The maximum Gasteiger partial charge on any atom is 0.269 e. The third-order valence-electron chi connectivity index (χ3n) is 2.66. The second-order valence-electron chi connectivity index (χ2n) is 4.77. The number of hydrogen-bond acceptors (Lipinski definition) is 3. The molecule has 0 aliphatic rings. The molecule has 0 unspecified atom stereocenters. The highest BCUT2D eigenvalue weighted by Gasteiger charge is 2.07. The summed E-state index contributed by atoms with van der Waals surface area (Å²) < 4.78 is 15.6. The van der Waals surface area contributed by atoms with E-state index in [1.165, 1.54) is 16.8 Å². The van der Waals surface area contributed by atoms with Crippen molar-refractivity contribution >= 4 is 21.6 Å². The number of hydrogen-bond donors (Lipinski definition) is 1. The van der Waals surface area contributed by atoms with Gasteiger partial charge in [-0.1, -0.05) is 22.0 Å². The van der Waals surface area contributed by atoms with Gasteiger partial charge in [0.1, 0.15) is 5.82 Å². The standard InChI is InChI=1S/C14H15BrFN3O/c1-9(2)18-12-6-14(20)19(17-7-12)8-10-3-4-11(15)5-13(10)16/h3-7,9,18H,8H2,1-2H3. The predicted octanol–water partition coefficient (Wildman–Crippen LogP) is 3.01. The molecule has 0 aliphatic heterocycles. The van der Waals surface area contributed by atoms with E-state index >= 15 is 0 Å². The SMILES string of the molecule is CC(C)Nc1cnn(Cc2ccc(Br)cc2F)c(=O)c1. The van der Waals surface area contributed by atoms with Gasteiger partial charge in [-0.25, -0.2) is 9.07 Å². The van der Waals surface area contributed by atoms with Gasteiger partial charge in [0.05, 0.1) is 18.4 Å². The number of nitrogens with zero attached hydrogens (tertiary/aromatic N) is 2. The van der Waals surface area contributed by atoms with Crippen molar-refractivity contribution in [2.75, 3.05) is 5.32 Å². The minimum atomic E-state index is -0.363. The van der Waals surface area contributed by atoms with E-state index in [0.29, 0.717) is 15.7 Å². The summed E-state index contributed by atoms with van der Waals surface area (Å²) in [6.45, 7) is 4.06. The molecule has 1 N–H and O–H groups in total. The van der Waals surface area contributed by atoms with Crippen LogP contribution in [0.3, 0.4) is 0 Å². The van der Waals surface area contributed by atoms with Crippen molar-refractivity contribution in [1.82, 2.24) is 9.78 Å². The lowest BCUT2D eigenvalue weighted by Crippen LogP contribution is -2.24. The average Bonchev–Trinajstić information content (AvgIpc) is 2.34. The van der Waals surface area contributed by atoms with Crippen LogP contribution in [0.25, 0.3) is 0 Å². The van der Waals surface area contributed by atoms with E-state index in [9.17, 15) is 9.18 Å². The molecule has 0 spiro atoms. The first-order valence-electron chi connectivity index (χ1n) is 6.23. The zero-order valence-corrected chi connectivity index (χ0v) is 12.8. The summed E-state index contributed by atoms with van der Waals surface area (Å²) >= 11 is 3.20. The fourth-order valence-corrected chi connectivity index (χ4v) is 2.11. The fraction of sp³-hybridized carbons (Fsp3) is 0.286. The molecule has 0 aliphatic carbocycles. The van der Waals surface area contributed by atoms with Crippen LogP contribution in [0, 0.1) is 5.82 Å². The highest BCUT2D eigenvalue weighted by molar-refractivity contribution is 9.10. The Morgan fingerprint density at radius 1 is 1.40 bits per heavy atom. The van der Waals surface area contributed by atoms with E-state index in [1.807, 2.05) is 13.8 Å². The Bertz CT molecular complexity index is 670. The lowest BCUT2D eigenvalue weighted by Gasteiger charge is -2.11. The van der Waals surface area contributed by atoms with Crippen LogP contribution < -0.4 is 10.9 Å². The maximum atomic E-state index is 13.7. The first kappa shape index (κ1) is 14.7. The molecule has 2 aromatic rings. The maximum absolute atomic E-state index is 13.7. The number of aromatic nitrogens is 2. The Hall–Kier alpha value is -1.69. The number of rotatable bonds is 4. The summed E-state index contributed by atoms with van der Waals surface area (Å²) in [7, 11) is 0. The molecule has 0 saturated heterocycles. The zero-order chi connectivity index (χ0) is 14.7. The van der Waals surface area contributed by atoms with Gasteiger partial charge in [0.2, 0.25) is 0 Å². The molecule has 1 aromatic heterocycles. The second-order valence-corrected chi connectivity index (χ2v) is 5.69. The molecule has 0 saturated carbocycles. The van der Waals surface area contributed by atoms with Gasteiger partial charge in [-0.3, -0.25) is 4.79 Å². The van der Waals surface area contributed by atoms with Crippen LogP contribution in [0.4, 0.5) is 10.1 Å². The minimum absolute atomic E-state index is 0.111. The van der Waals surface area contributed by atoms with E-state index < -0.39 is 0 Å². The smallest absolute Gasteiger partial charge is 0.269 e. The van der Waals surface area contributed by atoms with Crippen molar-refractivity contribution in [2.45, 2.75) is 26.4 Å². The van der Waals surface area contributed by atoms with Gasteiger partial charge in [0.15, 0.2) is 0 Å². The summed E-state index contributed by atoms with van der Waals surface area (Å²) in [5.41, 5.74) is 0.822. The average molecular weight is 340 g/mol. The summed E-state index contributed by atoms with van der Waals surface area (Å²) in [6, 6.07) is 6.42. The van der Waals surface area contributed by atoms with Gasteiger partial charge in [-0.05, 0) is 26.0 Å². The Morgan fingerprint density at radius 3 is 2.75 bits per heavy atom. The Kier molecular flexibility index (Phi) is 4.54. The number of halogens is 2. The number of nitrogens with one attached hydrogen (secondary N) is 1.